The van der Waals surface area contributed by atoms with Crippen molar-refractivity contribution in [3.63, 3.8) is 0 Å². The van der Waals surface area contributed by atoms with Crippen molar-refractivity contribution >= 4 is 21.4 Å². The molecule has 6 heteroatoms. The summed E-state index contributed by atoms with van der Waals surface area (Å²) in [7, 11) is -3.55. The van der Waals surface area contributed by atoms with E-state index in [4.69, 9.17) is 22.6 Å². The zero-order valence-corrected chi connectivity index (χ0v) is 6.70. The number of rotatable bonds is 1. The lowest BCUT2D eigenvalue weighted by Gasteiger charge is -1.92. The van der Waals surface area contributed by atoms with Gasteiger partial charge in [-0.05, 0) is 0 Å². The van der Waals surface area contributed by atoms with Gasteiger partial charge < -0.3 is 5.73 Å². The van der Waals surface area contributed by atoms with Crippen molar-refractivity contribution in [3.05, 3.63) is 10.1 Å². The van der Waals surface area contributed by atoms with Gasteiger partial charge in [0.25, 0.3) is 0 Å². The van der Waals surface area contributed by atoms with E-state index in [9.17, 15) is 8.42 Å². The van der Waals surface area contributed by atoms with Crippen molar-refractivity contribution in [2.75, 3.05) is 6.26 Å². The number of nitrogens with zero attached hydrogens (tertiary/aromatic N) is 1. The third kappa shape index (κ3) is 2.25. The number of halogens is 1. The van der Waals surface area contributed by atoms with Gasteiger partial charge in [0, 0.05) is 6.26 Å². The Bertz CT molecular complexity index is 294. The van der Waals surface area contributed by atoms with E-state index in [-0.39, 0.29) is 0 Å². The van der Waals surface area contributed by atoms with Crippen LogP contribution < -0.4 is 5.73 Å². The van der Waals surface area contributed by atoms with Crippen molar-refractivity contribution in [1.29, 1.82) is 5.26 Å². The first-order valence-electron chi connectivity index (χ1n) is 2.15. The van der Waals surface area contributed by atoms with Crippen LogP contribution in [0.25, 0.3) is 0 Å². The summed E-state index contributed by atoms with van der Waals surface area (Å²) in [6.07, 6.45) is 0.862. The molecule has 2 N–H and O–H groups in total. The molecule has 4 nitrogen and oxygen atoms in total. The maximum atomic E-state index is 10.6. The highest BCUT2D eigenvalue weighted by Gasteiger charge is 2.13. The number of nitrogens with two attached hydrogens (primary N) is 1. The summed E-state index contributed by atoms with van der Waals surface area (Å²) in [5.41, 5.74) is 4.88. The molecular weight excluding hydrogens is 176 g/mol. The highest BCUT2D eigenvalue weighted by Crippen LogP contribution is 2.08. The standard InChI is InChI=1S/C4H5ClN2O2S/c1-10(8,9)3(2-6)4(5)7/h7H2,1H3/b4-3-. The van der Waals surface area contributed by atoms with Crippen molar-refractivity contribution < 1.29 is 8.42 Å². The molecule has 10 heavy (non-hydrogen) atoms. The molecule has 0 saturated carbocycles. The van der Waals surface area contributed by atoms with Gasteiger partial charge in [-0.1, -0.05) is 11.6 Å². The lowest BCUT2D eigenvalue weighted by Crippen LogP contribution is -2.04. The van der Waals surface area contributed by atoms with Gasteiger partial charge in [0.2, 0.25) is 0 Å². The van der Waals surface area contributed by atoms with Crippen molar-refractivity contribution in [3.8, 4) is 6.07 Å². The number of hydrogen-bond donors (Lipinski definition) is 1. The van der Waals surface area contributed by atoms with E-state index in [0.717, 1.165) is 6.26 Å². The quantitative estimate of drug-likeness (QED) is 0.452. The summed E-state index contributed by atoms with van der Waals surface area (Å²) in [5.74, 6) is 0. The predicted molar refractivity (Wildman–Crippen MR) is 37.5 cm³/mol. The highest BCUT2D eigenvalue weighted by molar-refractivity contribution is 7.94. The molecule has 0 heterocycles. The van der Waals surface area contributed by atoms with Crippen LogP contribution in [0, 0.1) is 11.3 Å². The molecule has 0 aromatic carbocycles. The second-order valence-corrected chi connectivity index (χ2v) is 3.92. The zero-order chi connectivity index (χ0) is 8.36. The first-order chi connectivity index (χ1) is 4.39. The van der Waals surface area contributed by atoms with E-state index in [1.54, 1.807) is 0 Å². The van der Waals surface area contributed by atoms with E-state index in [0.29, 0.717) is 0 Å². The van der Waals surface area contributed by atoms with E-state index in [1.807, 2.05) is 0 Å². The molecule has 0 bridgehead atoms. The number of nitriles is 1. The zero-order valence-electron chi connectivity index (χ0n) is 5.13. The van der Waals surface area contributed by atoms with Gasteiger partial charge in [-0.25, -0.2) is 8.42 Å². The first-order valence-corrected chi connectivity index (χ1v) is 4.42. The van der Waals surface area contributed by atoms with Crippen molar-refractivity contribution in [2.45, 2.75) is 0 Å². The molecule has 0 amide bonds. The molecule has 0 spiro atoms. The van der Waals surface area contributed by atoms with E-state index in [2.05, 4.69) is 0 Å². The Labute approximate surface area is 63.8 Å². The van der Waals surface area contributed by atoms with Crippen LogP contribution in [0.3, 0.4) is 0 Å². The third-order valence-electron chi connectivity index (χ3n) is 0.689. The molecule has 0 aliphatic carbocycles. The minimum atomic E-state index is -3.55. The Balaban J connectivity index is 5.20. The molecular formula is C4H5ClN2O2S. The summed E-state index contributed by atoms with van der Waals surface area (Å²) in [6.45, 7) is 0. The third-order valence-corrected chi connectivity index (χ3v) is 2.04. The molecule has 0 aromatic rings. The van der Waals surface area contributed by atoms with E-state index < -0.39 is 19.9 Å². The number of hydrogen-bond acceptors (Lipinski definition) is 4. The van der Waals surface area contributed by atoms with Gasteiger partial charge in [-0.15, -0.1) is 0 Å². The van der Waals surface area contributed by atoms with Crippen molar-refractivity contribution in [2.24, 2.45) is 5.73 Å². The first kappa shape index (κ1) is 9.27. The average Bonchev–Trinajstić information content (AvgIpc) is 1.60. The Morgan fingerprint density at radius 3 is 2.10 bits per heavy atom. The molecule has 0 unspecified atom stereocenters. The summed E-state index contributed by atoms with van der Waals surface area (Å²) < 4.78 is 21.1. The summed E-state index contributed by atoms with van der Waals surface area (Å²) in [5, 5.41) is 7.69. The Hall–Kier alpha value is -0.730. The summed E-state index contributed by atoms with van der Waals surface area (Å²) >= 11 is 5.08. The van der Waals surface area contributed by atoms with Crippen LogP contribution in [0.15, 0.2) is 10.1 Å². The smallest absolute Gasteiger partial charge is 0.188 e. The largest absolute Gasteiger partial charge is 0.388 e. The second-order valence-electron chi connectivity index (χ2n) is 1.56. The average molecular weight is 181 g/mol. The molecule has 56 valence electrons. The van der Waals surface area contributed by atoms with Gasteiger partial charge in [0.15, 0.2) is 14.7 Å². The molecule has 0 atom stereocenters. The van der Waals surface area contributed by atoms with Crippen LogP contribution in [0.1, 0.15) is 0 Å². The van der Waals surface area contributed by atoms with Crippen LogP contribution >= 0.6 is 11.6 Å². The lowest BCUT2D eigenvalue weighted by molar-refractivity contribution is 0.608. The SMILES string of the molecule is CS(=O)(=O)/C(C#N)=C(\N)Cl. The van der Waals surface area contributed by atoms with Crippen molar-refractivity contribution in [1.82, 2.24) is 0 Å². The lowest BCUT2D eigenvalue weighted by atomic mass is 10.7. The Morgan fingerprint density at radius 1 is 1.70 bits per heavy atom. The fraction of sp³-hybridized carbons (Fsp3) is 0.250. The molecule has 0 aliphatic rings. The van der Waals surface area contributed by atoms with Crippen LogP contribution in [0.5, 0.6) is 0 Å². The summed E-state index contributed by atoms with van der Waals surface area (Å²) in [4.78, 5) is -0.589. The predicted octanol–water partition coefficient (Wildman–Crippen LogP) is -0.0788. The van der Waals surface area contributed by atoms with Crippen LogP contribution in [0.2, 0.25) is 0 Å². The van der Waals surface area contributed by atoms with E-state index >= 15 is 0 Å². The van der Waals surface area contributed by atoms with Gasteiger partial charge in [-0.2, -0.15) is 5.26 Å². The second kappa shape index (κ2) is 2.90. The minimum Gasteiger partial charge on any atom is -0.388 e. The maximum Gasteiger partial charge on any atom is 0.188 e. The normalized spacial score (nSPS) is 13.7. The van der Waals surface area contributed by atoms with Gasteiger partial charge >= 0.3 is 0 Å². The molecule has 0 radical (unpaired) electrons. The fourth-order valence-corrected chi connectivity index (χ4v) is 1.30. The summed E-state index contributed by atoms with van der Waals surface area (Å²) in [6, 6.07) is 1.38. The number of allylic oxidation sites excluding steroid dienone is 1. The van der Waals surface area contributed by atoms with Gasteiger partial charge in [-0.3, -0.25) is 0 Å². The van der Waals surface area contributed by atoms with Crippen LogP contribution in [-0.2, 0) is 9.84 Å². The van der Waals surface area contributed by atoms with Crippen LogP contribution in [-0.4, -0.2) is 14.7 Å². The van der Waals surface area contributed by atoms with Gasteiger partial charge in [0.1, 0.15) is 11.2 Å². The Kier molecular flexibility index (Phi) is 2.69. The van der Waals surface area contributed by atoms with Gasteiger partial charge in [0.05, 0.1) is 0 Å². The topological polar surface area (TPSA) is 84.0 Å². The highest BCUT2D eigenvalue weighted by atomic mass is 35.5. The molecule has 0 aromatic heterocycles. The van der Waals surface area contributed by atoms with E-state index in [1.165, 1.54) is 6.07 Å². The fourth-order valence-electron chi connectivity index (χ4n) is 0.313. The van der Waals surface area contributed by atoms with Crippen LogP contribution in [0.4, 0.5) is 0 Å². The minimum absolute atomic E-state index is 0.495. The molecule has 0 rings (SSSR count). The number of sulfone groups is 1. The monoisotopic (exact) mass is 180 g/mol. The Morgan fingerprint density at radius 2 is 2.10 bits per heavy atom. The molecule has 0 aliphatic heterocycles. The molecule has 0 fully saturated rings. The maximum absolute atomic E-state index is 10.6. The molecule has 0 saturated heterocycles.